The maximum absolute atomic E-state index is 10.6. The van der Waals surface area contributed by atoms with Gasteiger partial charge in [0.05, 0.1) is 5.60 Å². The molecule has 0 aromatic heterocycles. The molecule has 0 aromatic carbocycles. The van der Waals surface area contributed by atoms with E-state index in [0.29, 0.717) is 0 Å². The fourth-order valence-corrected chi connectivity index (χ4v) is 1.91. The number of hydrogen-bond acceptors (Lipinski definition) is 2. The molecule has 62 valence electrons. The summed E-state index contributed by atoms with van der Waals surface area (Å²) in [6.45, 7) is 0. The molecule has 2 heteroatoms. The molecule has 11 heavy (non-hydrogen) atoms. The van der Waals surface area contributed by atoms with Crippen LogP contribution >= 0.6 is 0 Å². The lowest BCUT2D eigenvalue weighted by molar-refractivity contribution is -0.117. The molecule has 0 aliphatic heterocycles. The maximum Gasteiger partial charge on any atom is 0.126 e. The summed E-state index contributed by atoms with van der Waals surface area (Å²) in [5, 5.41) is 9.76. The Balaban J connectivity index is 1.93. The van der Waals surface area contributed by atoms with Crippen LogP contribution < -0.4 is 0 Å². The fraction of sp³-hybridized carbons (Fsp3) is 0.889. The zero-order valence-corrected chi connectivity index (χ0v) is 6.68. The third kappa shape index (κ3) is 1.20. The molecule has 0 aromatic rings. The second-order valence-corrected chi connectivity index (χ2v) is 4.23. The van der Waals surface area contributed by atoms with Gasteiger partial charge in [-0.25, -0.2) is 0 Å². The molecule has 0 saturated heterocycles. The van der Waals surface area contributed by atoms with Crippen LogP contribution in [0.1, 0.15) is 38.5 Å². The molecular weight excluding hydrogens is 140 g/mol. The molecule has 0 heterocycles. The van der Waals surface area contributed by atoms with Crippen molar-refractivity contribution in [2.45, 2.75) is 44.1 Å². The number of carbonyl (C=O) groups excluding carboxylic acids is 1. The predicted molar refractivity (Wildman–Crippen MR) is 41.1 cm³/mol. The first-order chi connectivity index (χ1) is 5.18. The van der Waals surface area contributed by atoms with E-state index in [0.717, 1.165) is 44.8 Å². The zero-order valence-electron chi connectivity index (χ0n) is 6.68. The number of carbonyl (C=O) groups is 1. The van der Waals surface area contributed by atoms with Crippen LogP contribution in [-0.2, 0) is 4.79 Å². The van der Waals surface area contributed by atoms with Crippen LogP contribution in [0.15, 0.2) is 0 Å². The minimum Gasteiger partial charge on any atom is -0.390 e. The number of aldehydes is 1. The van der Waals surface area contributed by atoms with Gasteiger partial charge in [0.2, 0.25) is 0 Å². The molecule has 0 amide bonds. The highest BCUT2D eigenvalue weighted by atomic mass is 16.3. The summed E-state index contributed by atoms with van der Waals surface area (Å²) in [7, 11) is 0. The van der Waals surface area contributed by atoms with Crippen LogP contribution in [0.2, 0.25) is 0 Å². The van der Waals surface area contributed by atoms with E-state index in [4.69, 9.17) is 0 Å². The van der Waals surface area contributed by atoms with Crippen LogP contribution in [0, 0.1) is 5.41 Å². The molecule has 0 atom stereocenters. The Kier molecular flexibility index (Phi) is 1.37. The molecule has 0 unspecified atom stereocenters. The number of aliphatic hydroxyl groups is 1. The van der Waals surface area contributed by atoms with E-state index in [2.05, 4.69) is 0 Å². The minimum atomic E-state index is -0.461. The first kappa shape index (κ1) is 7.29. The molecule has 2 saturated carbocycles. The number of rotatable bonds is 3. The molecule has 0 bridgehead atoms. The van der Waals surface area contributed by atoms with Gasteiger partial charge in [0.25, 0.3) is 0 Å². The molecule has 2 aliphatic rings. The average molecular weight is 154 g/mol. The van der Waals surface area contributed by atoms with Crippen LogP contribution in [-0.4, -0.2) is 17.0 Å². The Morgan fingerprint density at radius 3 is 2.18 bits per heavy atom. The third-order valence-corrected chi connectivity index (χ3v) is 3.11. The molecule has 2 nitrogen and oxygen atoms in total. The second-order valence-electron chi connectivity index (χ2n) is 4.23. The van der Waals surface area contributed by atoms with Crippen molar-refractivity contribution >= 4 is 6.29 Å². The smallest absolute Gasteiger partial charge is 0.126 e. The van der Waals surface area contributed by atoms with Gasteiger partial charge < -0.3 is 9.90 Å². The lowest BCUT2D eigenvalue weighted by atomic mass is 9.74. The van der Waals surface area contributed by atoms with Crippen molar-refractivity contribution in [2.24, 2.45) is 5.41 Å². The van der Waals surface area contributed by atoms with Crippen molar-refractivity contribution in [1.29, 1.82) is 0 Å². The summed E-state index contributed by atoms with van der Waals surface area (Å²) in [4.78, 5) is 10.6. The van der Waals surface area contributed by atoms with Gasteiger partial charge in [-0.3, -0.25) is 0 Å². The number of hydrogen-bond donors (Lipinski definition) is 1. The van der Waals surface area contributed by atoms with E-state index in [1.165, 1.54) is 0 Å². The maximum atomic E-state index is 10.6. The van der Waals surface area contributed by atoms with Gasteiger partial charge in [0, 0.05) is 5.41 Å². The van der Waals surface area contributed by atoms with E-state index in [-0.39, 0.29) is 5.41 Å². The highest BCUT2D eigenvalue weighted by Crippen LogP contribution is 2.53. The summed E-state index contributed by atoms with van der Waals surface area (Å²) in [6, 6.07) is 0. The van der Waals surface area contributed by atoms with Crippen molar-refractivity contribution in [3.63, 3.8) is 0 Å². The molecule has 2 fully saturated rings. The van der Waals surface area contributed by atoms with E-state index < -0.39 is 5.60 Å². The van der Waals surface area contributed by atoms with Crippen molar-refractivity contribution in [2.75, 3.05) is 0 Å². The molecule has 2 aliphatic carbocycles. The summed E-state index contributed by atoms with van der Waals surface area (Å²) in [5.74, 6) is 0. The summed E-state index contributed by atoms with van der Waals surface area (Å²) in [6.07, 6.45) is 6.71. The van der Waals surface area contributed by atoms with Gasteiger partial charge >= 0.3 is 0 Å². The van der Waals surface area contributed by atoms with Crippen LogP contribution in [0.5, 0.6) is 0 Å². The topological polar surface area (TPSA) is 37.3 Å². The van der Waals surface area contributed by atoms with Gasteiger partial charge in [-0.15, -0.1) is 0 Å². The van der Waals surface area contributed by atoms with Crippen molar-refractivity contribution < 1.29 is 9.90 Å². The Morgan fingerprint density at radius 2 is 1.91 bits per heavy atom. The standard InChI is InChI=1S/C9H14O2/c10-7-8(4-5-8)6-9(11)2-1-3-9/h7,11H,1-6H2. The first-order valence-electron chi connectivity index (χ1n) is 4.37. The lowest BCUT2D eigenvalue weighted by Crippen LogP contribution is -2.39. The molecular formula is C9H14O2. The first-order valence-corrected chi connectivity index (χ1v) is 4.37. The molecule has 1 N–H and O–H groups in total. The van der Waals surface area contributed by atoms with E-state index in [1.54, 1.807) is 0 Å². The SMILES string of the molecule is O=CC1(CC2(O)CCC2)CC1. The van der Waals surface area contributed by atoms with Gasteiger partial charge in [0.15, 0.2) is 0 Å². The zero-order chi connectivity index (χ0) is 7.95. The minimum absolute atomic E-state index is 0.102. The van der Waals surface area contributed by atoms with Crippen LogP contribution in [0.25, 0.3) is 0 Å². The Hall–Kier alpha value is -0.370. The van der Waals surface area contributed by atoms with Crippen LogP contribution in [0.4, 0.5) is 0 Å². The second kappa shape index (κ2) is 2.07. The molecule has 0 spiro atoms. The summed E-state index contributed by atoms with van der Waals surface area (Å²) >= 11 is 0. The largest absolute Gasteiger partial charge is 0.390 e. The van der Waals surface area contributed by atoms with Crippen molar-refractivity contribution in [3.8, 4) is 0 Å². The van der Waals surface area contributed by atoms with E-state index in [9.17, 15) is 9.90 Å². The summed E-state index contributed by atoms with van der Waals surface area (Å²) < 4.78 is 0. The monoisotopic (exact) mass is 154 g/mol. The van der Waals surface area contributed by atoms with E-state index >= 15 is 0 Å². The fourth-order valence-electron chi connectivity index (χ4n) is 1.91. The molecule has 2 rings (SSSR count). The third-order valence-electron chi connectivity index (χ3n) is 3.11. The quantitative estimate of drug-likeness (QED) is 0.621. The predicted octanol–water partition coefficient (Wildman–Crippen LogP) is 1.27. The highest BCUT2D eigenvalue weighted by molar-refractivity contribution is 5.63. The Morgan fingerprint density at radius 1 is 1.27 bits per heavy atom. The van der Waals surface area contributed by atoms with Gasteiger partial charge in [-0.1, -0.05) is 0 Å². The highest BCUT2D eigenvalue weighted by Gasteiger charge is 2.50. The van der Waals surface area contributed by atoms with Crippen molar-refractivity contribution in [1.82, 2.24) is 0 Å². The summed E-state index contributed by atoms with van der Waals surface area (Å²) in [5.41, 5.74) is -0.563. The Bertz CT molecular complexity index is 178. The van der Waals surface area contributed by atoms with Gasteiger partial charge in [0.1, 0.15) is 6.29 Å². The Labute approximate surface area is 66.6 Å². The normalized spacial score (nSPS) is 30.6. The average Bonchev–Trinajstić information content (AvgIpc) is 2.67. The van der Waals surface area contributed by atoms with Crippen molar-refractivity contribution in [3.05, 3.63) is 0 Å². The van der Waals surface area contributed by atoms with Gasteiger partial charge in [-0.05, 0) is 38.5 Å². The molecule has 0 radical (unpaired) electrons. The van der Waals surface area contributed by atoms with Crippen LogP contribution in [0.3, 0.4) is 0 Å². The van der Waals surface area contributed by atoms with E-state index in [1.807, 2.05) is 0 Å². The lowest BCUT2D eigenvalue weighted by Gasteiger charge is -2.38. The van der Waals surface area contributed by atoms with Gasteiger partial charge in [-0.2, -0.15) is 0 Å².